The van der Waals surface area contributed by atoms with Gasteiger partial charge in [-0.2, -0.15) is 0 Å². The van der Waals surface area contributed by atoms with Crippen molar-refractivity contribution in [2.45, 2.75) is 0 Å². The molecule has 0 N–H and O–H groups in total. The molecule has 0 bridgehead atoms. The monoisotopic (exact) mass is 585 g/mol. The maximum Gasteiger partial charge on any atom is 0.161 e. The van der Waals surface area contributed by atoms with Crippen LogP contribution < -0.4 is 0 Å². The molecule has 0 amide bonds. The van der Waals surface area contributed by atoms with Gasteiger partial charge < -0.3 is 8.82 Å². The first-order valence-electron chi connectivity index (χ1n) is 15.6. The SMILES string of the molecule is c1ccc(-c2nc3ccccc3nc2-c2cc3oc4c5cc6ccccc6c6c7ccccc7n(c56)c4c3c3ccccc23)cc1. The van der Waals surface area contributed by atoms with Crippen LogP contribution in [0.15, 0.2) is 144 Å². The lowest BCUT2D eigenvalue weighted by Gasteiger charge is -2.13. The van der Waals surface area contributed by atoms with E-state index in [4.69, 9.17) is 14.4 Å². The summed E-state index contributed by atoms with van der Waals surface area (Å²) in [5, 5.41) is 9.53. The minimum atomic E-state index is 0.845. The Bertz CT molecular complexity index is 3020. The second-order valence-corrected chi connectivity index (χ2v) is 12.1. The van der Waals surface area contributed by atoms with Gasteiger partial charge in [0.25, 0.3) is 0 Å². The Balaban J connectivity index is 1.34. The fourth-order valence-electron chi connectivity index (χ4n) is 7.77. The molecule has 7 aromatic carbocycles. The number of hydrogen-bond acceptors (Lipinski definition) is 3. The van der Waals surface area contributed by atoms with Gasteiger partial charge in [-0.05, 0) is 51.9 Å². The Hall–Kier alpha value is -6.26. The van der Waals surface area contributed by atoms with E-state index in [9.17, 15) is 0 Å². The molecular weight excluding hydrogens is 562 g/mol. The Morgan fingerprint density at radius 2 is 1.13 bits per heavy atom. The molecule has 0 radical (unpaired) electrons. The van der Waals surface area contributed by atoms with Crippen molar-refractivity contribution in [2.24, 2.45) is 0 Å². The predicted molar refractivity (Wildman–Crippen MR) is 190 cm³/mol. The highest BCUT2D eigenvalue weighted by molar-refractivity contribution is 6.34. The van der Waals surface area contributed by atoms with Gasteiger partial charge in [-0.25, -0.2) is 9.97 Å². The average molecular weight is 586 g/mol. The Kier molecular flexibility index (Phi) is 4.55. The smallest absolute Gasteiger partial charge is 0.161 e. The molecule has 0 spiro atoms. The zero-order valence-electron chi connectivity index (χ0n) is 24.5. The minimum Gasteiger partial charge on any atom is -0.454 e. The van der Waals surface area contributed by atoms with E-state index in [0.717, 1.165) is 71.8 Å². The first kappa shape index (κ1) is 24.1. The number of nitrogens with zero attached hydrogens (tertiary/aromatic N) is 3. The summed E-state index contributed by atoms with van der Waals surface area (Å²) in [6, 6.07) is 49.0. The maximum atomic E-state index is 6.97. The van der Waals surface area contributed by atoms with Gasteiger partial charge >= 0.3 is 0 Å². The summed E-state index contributed by atoms with van der Waals surface area (Å²) in [7, 11) is 0. The molecule has 4 aromatic heterocycles. The minimum absolute atomic E-state index is 0.845. The first-order valence-corrected chi connectivity index (χ1v) is 15.6. The van der Waals surface area contributed by atoms with E-state index in [1.807, 2.05) is 30.3 Å². The molecule has 0 aliphatic heterocycles. The lowest BCUT2D eigenvalue weighted by Crippen LogP contribution is -1.96. The summed E-state index contributed by atoms with van der Waals surface area (Å²) in [6.07, 6.45) is 0. The Labute approximate surface area is 262 Å². The molecule has 0 aliphatic carbocycles. The molecule has 11 rings (SSSR count). The molecular formula is C42H23N3O. The van der Waals surface area contributed by atoms with Crippen molar-refractivity contribution in [1.29, 1.82) is 0 Å². The normalized spacial score (nSPS) is 12.3. The molecule has 0 unspecified atom stereocenters. The van der Waals surface area contributed by atoms with Gasteiger partial charge in [0.2, 0.25) is 0 Å². The van der Waals surface area contributed by atoms with Crippen molar-refractivity contribution in [3.63, 3.8) is 0 Å². The van der Waals surface area contributed by atoms with Crippen LogP contribution in [0, 0.1) is 0 Å². The number of furan rings is 1. The second kappa shape index (κ2) is 8.68. The molecule has 46 heavy (non-hydrogen) atoms. The van der Waals surface area contributed by atoms with Crippen LogP contribution in [0.25, 0.3) is 104 Å². The highest BCUT2D eigenvalue weighted by Crippen LogP contribution is 2.48. The fraction of sp³-hybridized carbons (Fsp3) is 0. The van der Waals surface area contributed by atoms with Gasteiger partial charge in [0, 0.05) is 27.3 Å². The van der Waals surface area contributed by atoms with E-state index in [1.165, 1.54) is 32.6 Å². The van der Waals surface area contributed by atoms with Crippen LogP contribution >= 0.6 is 0 Å². The lowest BCUT2D eigenvalue weighted by molar-refractivity contribution is 0.673. The van der Waals surface area contributed by atoms with E-state index in [1.54, 1.807) is 0 Å². The van der Waals surface area contributed by atoms with Crippen LogP contribution in [0.1, 0.15) is 0 Å². The molecule has 0 saturated heterocycles. The largest absolute Gasteiger partial charge is 0.454 e. The molecule has 0 atom stereocenters. The third-order valence-electron chi connectivity index (χ3n) is 9.67. The van der Waals surface area contributed by atoms with Crippen LogP contribution in [-0.4, -0.2) is 14.4 Å². The van der Waals surface area contributed by atoms with E-state index >= 15 is 0 Å². The van der Waals surface area contributed by atoms with Crippen LogP contribution in [0.4, 0.5) is 0 Å². The van der Waals surface area contributed by atoms with E-state index < -0.39 is 0 Å². The van der Waals surface area contributed by atoms with Crippen LogP contribution in [0.5, 0.6) is 0 Å². The van der Waals surface area contributed by atoms with E-state index in [-0.39, 0.29) is 0 Å². The Morgan fingerprint density at radius 3 is 1.96 bits per heavy atom. The molecule has 4 heteroatoms. The molecule has 0 saturated carbocycles. The summed E-state index contributed by atoms with van der Waals surface area (Å²) >= 11 is 0. The van der Waals surface area contributed by atoms with Gasteiger partial charge in [-0.3, -0.25) is 0 Å². The van der Waals surface area contributed by atoms with Crippen molar-refractivity contribution in [3.8, 4) is 22.5 Å². The Morgan fingerprint density at radius 1 is 0.478 bits per heavy atom. The number of fused-ring (bicyclic) bond motifs is 13. The molecule has 4 heterocycles. The summed E-state index contributed by atoms with van der Waals surface area (Å²) < 4.78 is 9.41. The number of benzene rings is 7. The third kappa shape index (κ3) is 3.03. The van der Waals surface area contributed by atoms with Gasteiger partial charge in [0.1, 0.15) is 11.1 Å². The topological polar surface area (TPSA) is 43.3 Å². The standard InChI is InChI=1S/C42H23N3O/c1-2-12-24(13-3-1)38-39(44-33-20-10-9-19-32(33)43-38)30-23-35-37(28-17-7-6-16-27(28)30)41-42(46-35)31-22-25-14-4-5-15-26(25)36-29-18-8-11-21-34(29)45(41)40(31)36/h1-23H. The van der Waals surface area contributed by atoms with Crippen molar-refractivity contribution < 1.29 is 4.42 Å². The number of para-hydroxylation sites is 3. The highest BCUT2D eigenvalue weighted by atomic mass is 16.3. The van der Waals surface area contributed by atoms with Crippen LogP contribution in [-0.2, 0) is 0 Å². The molecule has 11 aromatic rings. The van der Waals surface area contributed by atoms with Crippen molar-refractivity contribution in [1.82, 2.24) is 14.4 Å². The van der Waals surface area contributed by atoms with Gasteiger partial charge in [-0.1, -0.05) is 109 Å². The fourth-order valence-corrected chi connectivity index (χ4v) is 7.77. The van der Waals surface area contributed by atoms with Crippen molar-refractivity contribution >= 4 is 81.8 Å². The van der Waals surface area contributed by atoms with E-state index in [2.05, 4.69) is 114 Å². The summed E-state index contributed by atoms with van der Waals surface area (Å²) in [6.45, 7) is 0. The number of aromatic nitrogens is 3. The molecule has 212 valence electrons. The second-order valence-electron chi connectivity index (χ2n) is 12.1. The predicted octanol–water partition coefficient (Wildman–Crippen LogP) is 11.2. The van der Waals surface area contributed by atoms with E-state index in [0.29, 0.717) is 0 Å². The van der Waals surface area contributed by atoms with Crippen molar-refractivity contribution in [2.75, 3.05) is 0 Å². The summed E-state index contributed by atoms with van der Waals surface area (Å²) in [5.74, 6) is 0. The number of hydrogen-bond donors (Lipinski definition) is 0. The first-order chi connectivity index (χ1) is 22.8. The third-order valence-corrected chi connectivity index (χ3v) is 9.67. The zero-order chi connectivity index (χ0) is 29.9. The highest BCUT2D eigenvalue weighted by Gasteiger charge is 2.26. The zero-order valence-corrected chi connectivity index (χ0v) is 24.5. The summed E-state index contributed by atoms with van der Waals surface area (Å²) in [5.41, 5.74) is 10.8. The quantitative estimate of drug-likeness (QED) is 0.203. The molecule has 4 nitrogen and oxygen atoms in total. The molecule has 0 fully saturated rings. The lowest BCUT2D eigenvalue weighted by atomic mass is 9.95. The maximum absolute atomic E-state index is 6.97. The van der Waals surface area contributed by atoms with Crippen LogP contribution in [0.3, 0.4) is 0 Å². The van der Waals surface area contributed by atoms with Gasteiger partial charge in [0.15, 0.2) is 5.58 Å². The average Bonchev–Trinajstić information content (AvgIpc) is 3.76. The van der Waals surface area contributed by atoms with Crippen LogP contribution in [0.2, 0.25) is 0 Å². The molecule has 0 aliphatic rings. The van der Waals surface area contributed by atoms with Gasteiger partial charge in [0.05, 0.1) is 38.8 Å². The van der Waals surface area contributed by atoms with Crippen molar-refractivity contribution in [3.05, 3.63) is 140 Å². The van der Waals surface area contributed by atoms with Gasteiger partial charge in [-0.15, -0.1) is 0 Å². The summed E-state index contributed by atoms with van der Waals surface area (Å²) in [4.78, 5) is 10.4. The number of rotatable bonds is 2.